The van der Waals surface area contributed by atoms with Gasteiger partial charge >= 0.3 is 0 Å². The van der Waals surface area contributed by atoms with Crippen LogP contribution in [0.4, 0.5) is 0 Å². The lowest BCUT2D eigenvalue weighted by molar-refractivity contribution is -0.116. The van der Waals surface area contributed by atoms with Gasteiger partial charge in [0, 0.05) is 29.4 Å². The van der Waals surface area contributed by atoms with E-state index in [4.69, 9.17) is 9.84 Å². The van der Waals surface area contributed by atoms with Crippen molar-refractivity contribution in [2.75, 3.05) is 18.6 Å². The van der Waals surface area contributed by atoms with Crippen LogP contribution in [0.25, 0.3) is 23.0 Å². The number of carbonyl (C=O) groups excluding carboxylic acids is 1. The number of nitrogens with zero attached hydrogens (tertiary/aromatic N) is 2. The number of carbonyl (C=O) groups is 1. The first-order chi connectivity index (χ1) is 14.9. The molecule has 1 atom stereocenters. The van der Waals surface area contributed by atoms with E-state index in [-0.39, 0.29) is 23.5 Å². The Labute approximate surface area is 181 Å². The van der Waals surface area contributed by atoms with E-state index in [2.05, 4.69) is 5.32 Å². The average molecular weight is 438 g/mol. The molecule has 7 nitrogen and oxygen atoms in total. The van der Waals surface area contributed by atoms with Crippen LogP contribution in [0.2, 0.25) is 0 Å². The zero-order valence-electron chi connectivity index (χ0n) is 17.1. The largest absolute Gasteiger partial charge is 0.497 e. The van der Waals surface area contributed by atoms with Gasteiger partial charge in [-0.2, -0.15) is 5.10 Å². The summed E-state index contributed by atoms with van der Waals surface area (Å²) in [6, 6.07) is 16.9. The average Bonchev–Trinajstić information content (AvgIpc) is 3.35. The van der Waals surface area contributed by atoms with Crippen molar-refractivity contribution in [3.8, 4) is 22.7 Å². The Bertz CT molecular complexity index is 1200. The van der Waals surface area contributed by atoms with E-state index < -0.39 is 9.84 Å². The van der Waals surface area contributed by atoms with Crippen LogP contribution in [-0.4, -0.2) is 48.8 Å². The van der Waals surface area contributed by atoms with Gasteiger partial charge in [0.1, 0.15) is 5.75 Å². The number of ether oxygens (including phenoxy) is 1. The first-order valence-corrected chi connectivity index (χ1v) is 11.7. The summed E-state index contributed by atoms with van der Waals surface area (Å²) < 4.78 is 30.2. The van der Waals surface area contributed by atoms with Gasteiger partial charge in [0.15, 0.2) is 9.84 Å². The van der Waals surface area contributed by atoms with Crippen LogP contribution in [0.3, 0.4) is 0 Å². The van der Waals surface area contributed by atoms with E-state index in [0.29, 0.717) is 6.42 Å². The van der Waals surface area contributed by atoms with Gasteiger partial charge in [-0.25, -0.2) is 13.1 Å². The van der Waals surface area contributed by atoms with E-state index in [0.717, 1.165) is 28.3 Å². The van der Waals surface area contributed by atoms with Crippen molar-refractivity contribution in [3.05, 3.63) is 72.4 Å². The Morgan fingerprint density at radius 1 is 1.16 bits per heavy atom. The predicted molar refractivity (Wildman–Crippen MR) is 120 cm³/mol. The van der Waals surface area contributed by atoms with Crippen molar-refractivity contribution < 1.29 is 17.9 Å². The van der Waals surface area contributed by atoms with Gasteiger partial charge in [-0.3, -0.25) is 4.79 Å². The fourth-order valence-electron chi connectivity index (χ4n) is 3.52. The molecule has 31 heavy (non-hydrogen) atoms. The number of sulfone groups is 1. The second-order valence-electron chi connectivity index (χ2n) is 7.38. The molecular formula is C23H23N3O4S. The molecule has 0 bridgehead atoms. The summed E-state index contributed by atoms with van der Waals surface area (Å²) in [5.74, 6) is 0.535. The summed E-state index contributed by atoms with van der Waals surface area (Å²) in [6.07, 6.45) is 5.43. The molecule has 0 saturated carbocycles. The maximum atomic E-state index is 12.4. The standard InChI is InChI=1S/C23H23N3O4S/c1-30-21-10-7-17(8-11-21)23-18(15-26(25-23)20-5-3-2-4-6-20)9-12-22(27)24-19-13-14-31(28,29)16-19/h2-12,15,19H,13-14,16H2,1H3,(H,24,27). The van der Waals surface area contributed by atoms with Gasteiger partial charge in [0.05, 0.1) is 30.0 Å². The van der Waals surface area contributed by atoms with Crippen LogP contribution >= 0.6 is 0 Å². The van der Waals surface area contributed by atoms with E-state index in [1.165, 1.54) is 6.08 Å². The Kier molecular flexibility index (Phi) is 5.90. The predicted octanol–water partition coefficient (Wildman–Crippen LogP) is 2.86. The summed E-state index contributed by atoms with van der Waals surface area (Å²) in [6.45, 7) is 0. The van der Waals surface area contributed by atoms with E-state index in [9.17, 15) is 13.2 Å². The van der Waals surface area contributed by atoms with E-state index in [1.807, 2.05) is 60.8 Å². The minimum absolute atomic E-state index is 0.00435. The lowest BCUT2D eigenvalue weighted by Gasteiger charge is -2.07. The molecule has 8 heteroatoms. The van der Waals surface area contributed by atoms with Crippen molar-refractivity contribution in [3.63, 3.8) is 0 Å². The number of rotatable bonds is 6. The molecule has 1 aromatic heterocycles. The quantitative estimate of drug-likeness (QED) is 0.599. The van der Waals surface area contributed by atoms with E-state index in [1.54, 1.807) is 17.9 Å². The van der Waals surface area contributed by atoms with Crippen molar-refractivity contribution in [2.45, 2.75) is 12.5 Å². The molecule has 1 amide bonds. The summed E-state index contributed by atoms with van der Waals surface area (Å²) in [5.41, 5.74) is 3.28. The fraction of sp³-hybridized carbons (Fsp3) is 0.217. The Balaban J connectivity index is 1.61. The molecule has 1 aliphatic rings. The monoisotopic (exact) mass is 437 g/mol. The van der Waals surface area contributed by atoms with E-state index >= 15 is 0 Å². The highest BCUT2D eigenvalue weighted by molar-refractivity contribution is 7.91. The molecule has 160 valence electrons. The highest BCUT2D eigenvalue weighted by Gasteiger charge is 2.28. The summed E-state index contributed by atoms with van der Waals surface area (Å²) >= 11 is 0. The second-order valence-corrected chi connectivity index (χ2v) is 9.61. The highest BCUT2D eigenvalue weighted by Crippen LogP contribution is 2.26. The topological polar surface area (TPSA) is 90.3 Å². The van der Waals surface area contributed by atoms with Crippen LogP contribution in [-0.2, 0) is 14.6 Å². The summed E-state index contributed by atoms with van der Waals surface area (Å²) in [4.78, 5) is 12.4. The highest BCUT2D eigenvalue weighted by atomic mass is 32.2. The molecule has 1 aliphatic heterocycles. The molecule has 2 aromatic carbocycles. The molecule has 0 radical (unpaired) electrons. The van der Waals surface area contributed by atoms with Crippen molar-refractivity contribution in [1.29, 1.82) is 0 Å². The Morgan fingerprint density at radius 2 is 1.90 bits per heavy atom. The molecule has 2 heterocycles. The Morgan fingerprint density at radius 3 is 2.55 bits per heavy atom. The fourth-order valence-corrected chi connectivity index (χ4v) is 5.19. The van der Waals surface area contributed by atoms with Gasteiger partial charge in [-0.05, 0) is 48.9 Å². The van der Waals surface area contributed by atoms with Crippen LogP contribution in [0, 0.1) is 0 Å². The number of hydrogen-bond acceptors (Lipinski definition) is 5. The van der Waals surface area contributed by atoms with Crippen molar-refractivity contribution in [1.82, 2.24) is 15.1 Å². The number of aromatic nitrogens is 2. The lowest BCUT2D eigenvalue weighted by Crippen LogP contribution is -2.34. The third-order valence-electron chi connectivity index (χ3n) is 5.12. The molecule has 1 N–H and O–H groups in total. The molecule has 1 saturated heterocycles. The molecule has 0 aliphatic carbocycles. The van der Waals surface area contributed by atoms with Crippen LogP contribution < -0.4 is 10.1 Å². The first-order valence-electron chi connectivity index (χ1n) is 9.92. The summed E-state index contributed by atoms with van der Waals surface area (Å²) in [7, 11) is -1.43. The normalized spacial score (nSPS) is 17.6. The SMILES string of the molecule is COc1ccc(-c2nn(-c3ccccc3)cc2C=CC(=O)NC2CCS(=O)(=O)C2)cc1. The number of para-hydroxylation sites is 1. The van der Waals surface area contributed by atoms with Gasteiger partial charge in [0.25, 0.3) is 0 Å². The molecule has 4 rings (SSSR count). The number of hydrogen-bond donors (Lipinski definition) is 1. The minimum Gasteiger partial charge on any atom is -0.497 e. The second kappa shape index (κ2) is 8.77. The number of benzene rings is 2. The van der Waals surface area contributed by atoms with Crippen molar-refractivity contribution >= 4 is 21.8 Å². The van der Waals surface area contributed by atoms with Gasteiger partial charge in [0.2, 0.25) is 5.91 Å². The molecule has 1 unspecified atom stereocenters. The maximum absolute atomic E-state index is 12.4. The molecule has 0 spiro atoms. The van der Waals surface area contributed by atoms with Gasteiger partial charge in [-0.1, -0.05) is 18.2 Å². The molecule has 3 aromatic rings. The smallest absolute Gasteiger partial charge is 0.244 e. The van der Waals surface area contributed by atoms with Crippen LogP contribution in [0.15, 0.2) is 66.9 Å². The third-order valence-corrected chi connectivity index (χ3v) is 6.89. The maximum Gasteiger partial charge on any atom is 0.244 e. The number of methoxy groups -OCH3 is 1. The first kappa shape index (κ1) is 20.9. The minimum atomic E-state index is -3.05. The third kappa shape index (κ3) is 5.03. The number of nitrogens with one attached hydrogen (secondary N) is 1. The van der Waals surface area contributed by atoms with Crippen molar-refractivity contribution in [2.24, 2.45) is 0 Å². The van der Waals surface area contributed by atoms with Crippen LogP contribution in [0.5, 0.6) is 5.75 Å². The molecule has 1 fully saturated rings. The zero-order valence-corrected chi connectivity index (χ0v) is 17.9. The Hall–Kier alpha value is -3.39. The number of amides is 1. The van der Waals surface area contributed by atoms with Gasteiger partial charge < -0.3 is 10.1 Å². The van der Waals surface area contributed by atoms with Gasteiger partial charge in [-0.15, -0.1) is 0 Å². The van der Waals surface area contributed by atoms with Crippen LogP contribution in [0.1, 0.15) is 12.0 Å². The molecular weight excluding hydrogens is 414 g/mol. The summed E-state index contributed by atoms with van der Waals surface area (Å²) in [5, 5.41) is 7.49. The lowest BCUT2D eigenvalue weighted by atomic mass is 10.1. The zero-order chi connectivity index (χ0) is 21.8.